The van der Waals surface area contributed by atoms with Crippen LogP contribution in [0.4, 0.5) is 13.2 Å². The highest BCUT2D eigenvalue weighted by Gasteiger charge is 2.14. The molecule has 1 nitrogen and oxygen atoms in total. The minimum atomic E-state index is -0.845. The van der Waals surface area contributed by atoms with Gasteiger partial charge in [0, 0.05) is 11.1 Å². The predicted octanol–water partition coefficient (Wildman–Crippen LogP) is 3.58. The van der Waals surface area contributed by atoms with Gasteiger partial charge in [0.25, 0.3) is 0 Å². The fourth-order valence-corrected chi connectivity index (χ4v) is 1.56. The lowest BCUT2D eigenvalue weighted by atomic mass is 10.0. The van der Waals surface area contributed by atoms with Gasteiger partial charge in [-0.05, 0) is 18.2 Å². The first-order valence-electron chi connectivity index (χ1n) is 4.82. The lowest BCUT2D eigenvalue weighted by Crippen LogP contribution is -1.94. The number of rotatable bonds is 2. The second kappa shape index (κ2) is 4.41. The number of carbonyl (C=O) groups excluding carboxylic acids is 1. The summed E-state index contributed by atoms with van der Waals surface area (Å²) in [5.41, 5.74) is -0.517. The van der Waals surface area contributed by atoms with Crippen LogP contribution in [0.2, 0.25) is 0 Å². The van der Waals surface area contributed by atoms with Gasteiger partial charge in [-0.2, -0.15) is 0 Å². The molecular weight excluding hydrogens is 229 g/mol. The van der Waals surface area contributed by atoms with Crippen LogP contribution >= 0.6 is 0 Å². The quantitative estimate of drug-likeness (QED) is 0.728. The van der Waals surface area contributed by atoms with Crippen molar-refractivity contribution in [2.24, 2.45) is 0 Å². The van der Waals surface area contributed by atoms with Crippen LogP contribution < -0.4 is 0 Å². The number of halogens is 3. The van der Waals surface area contributed by atoms with Gasteiger partial charge in [-0.15, -0.1) is 0 Å². The Bertz CT molecular complexity index is 559. The molecule has 4 heteroatoms. The molecule has 0 heterocycles. The summed E-state index contributed by atoms with van der Waals surface area (Å²) in [4.78, 5) is 10.4. The van der Waals surface area contributed by atoms with Crippen molar-refractivity contribution in [3.8, 4) is 11.1 Å². The number of hydrogen-bond acceptors (Lipinski definition) is 1. The van der Waals surface area contributed by atoms with Crippen LogP contribution in [-0.2, 0) is 0 Å². The molecule has 0 saturated carbocycles. The van der Waals surface area contributed by atoms with Gasteiger partial charge >= 0.3 is 0 Å². The topological polar surface area (TPSA) is 17.1 Å². The Morgan fingerprint density at radius 1 is 0.882 bits per heavy atom. The summed E-state index contributed by atoms with van der Waals surface area (Å²) in [6, 6.07) is 6.72. The van der Waals surface area contributed by atoms with Crippen LogP contribution in [0, 0.1) is 17.5 Å². The van der Waals surface area contributed by atoms with Crippen LogP contribution in [0.15, 0.2) is 36.4 Å². The second-order valence-corrected chi connectivity index (χ2v) is 3.45. The first-order valence-corrected chi connectivity index (χ1v) is 4.82. The third-order valence-electron chi connectivity index (χ3n) is 2.36. The van der Waals surface area contributed by atoms with Gasteiger partial charge in [-0.3, -0.25) is 4.79 Å². The van der Waals surface area contributed by atoms with Crippen molar-refractivity contribution in [2.45, 2.75) is 0 Å². The van der Waals surface area contributed by atoms with Gasteiger partial charge in [0.15, 0.2) is 0 Å². The highest BCUT2D eigenvalue weighted by atomic mass is 19.1. The molecule has 0 radical (unpaired) electrons. The number of carbonyl (C=O) groups is 1. The Kier molecular flexibility index (Phi) is 2.95. The van der Waals surface area contributed by atoms with Crippen molar-refractivity contribution in [2.75, 3.05) is 0 Å². The molecule has 0 N–H and O–H groups in total. The number of hydrogen-bond donors (Lipinski definition) is 0. The molecule has 0 spiro atoms. The summed E-state index contributed by atoms with van der Waals surface area (Å²) >= 11 is 0. The van der Waals surface area contributed by atoms with E-state index in [0.717, 1.165) is 18.2 Å². The summed E-state index contributed by atoms with van der Waals surface area (Å²) in [7, 11) is 0. The maximum Gasteiger partial charge on any atom is 0.150 e. The fourth-order valence-electron chi connectivity index (χ4n) is 1.56. The molecule has 0 amide bonds. The average Bonchev–Trinajstić information content (AvgIpc) is 2.30. The van der Waals surface area contributed by atoms with Gasteiger partial charge in [0.2, 0.25) is 0 Å². The highest BCUT2D eigenvalue weighted by molar-refractivity contribution is 5.77. The summed E-state index contributed by atoms with van der Waals surface area (Å²) in [5.74, 6) is -2.52. The minimum Gasteiger partial charge on any atom is -0.298 e. The van der Waals surface area contributed by atoms with Crippen molar-refractivity contribution in [3.05, 3.63) is 59.4 Å². The van der Waals surface area contributed by atoms with Crippen LogP contribution in [0.1, 0.15) is 10.4 Å². The zero-order valence-electron chi connectivity index (χ0n) is 8.58. The van der Waals surface area contributed by atoms with Gasteiger partial charge in [0.1, 0.15) is 23.7 Å². The van der Waals surface area contributed by atoms with E-state index < -0.39 is 23.0 Å². The second-order valence-electron chi connectivity index (χ2n) is 3.45. The summed E-state index contributed by atoms with van der Waals surface area (Å²) < 4.78 is 40.4. The molecule has 86 valence electrons. The molecule has 0 aliphatic rings. The third-order valence-corrected chi connectivity index (χ3v) is 2.36. The Labute approximate surface area is 95.5 Å². The van der Waals surface area contributed by atoms with E-state index in [1.54, 1.807) is 0 Å². The van der Waals surface area contributed by atoms with Crippen molar-refractivity contribution in [3.63, 3.8) is 0 Å². The molecule has 2 rings (SSSR count). The van der Waals surface area contributed by atoms with Gasteiger partial charge < -0.3 is 0 Å². The molecule has 0 unspecified atom stereocenters. The average molecular weight is 236 g/mol. The molecule has 0 atom stereocenters. The molecule has 2 aromatic rings. The van der Waals surface area contributed by atoms with E-state index in [0.29, 0.717) is 6.29 Å². The largest absolute Gasteiger partial charge is 0.298 e. The van der Waals surface area contributed by atoms with Crippen LogP contribution in [0.25, 0.3) is 11.1 Å². The number of aldehydes is 1. The molecule has 0 fully saturated rings. The molecule has 17 heavy (non-hydrogen) atoms. The first kappa shape index (κ1) is 11.4. The zero-order chi connectivity index (χ0) is 12.4. The van der Waals surface area contributed by atoms with Crippen molar-refractivity contribution >= 4 is 6.29 Å². The SMILES string of the molecule is O=Cc1ccc(-c2c(F)cccc2F)c(F)c1. The Balaban J connectivity index is 2.65. The maximum absolute atomic E-state index is 13.6. The van der Waals surface area contributed by atoms with Crippen molar-refractivity contribution in [1.29, 1.82) is 0 Å². The third kappa shape index (κ3) is 2.06. The molecule has 2 aromatic carbocycles. The molecule has 0 bridgehead atoms. The lowest BCUT2D eigenvalue weighted by Gasteiger charge is -2.06. The minimum absolute atomic E-state index is 0.114. The van der Waals surface area contributed by atoms with Crippen LogP contribution in [0.3, 0.4) is 0 Å². The van der Waals surface area contributed by atoms with Gasteiger partial charge in [-0.1, -0.05) is 18.2 Å². The zero-order valence-corrected chi connectivity index (χ0v) is 8.58. The van der Waals surface area contributed by atoms with Crippen LogP contribution in [0.5, 0.6) is 0 Å². The van der Waals surface area contributed by atoms with E-state index >= 15 is 0 Å². The molecule has 0 aliphatic carbocycles. The van der Waals surface area contributed by atoms with E-state index in [4.69, 9.17) is 0 Å². The maximum atomic E-state index is 13.6. The Morgan fingerprint density at radius 3 is 2.06 bits per heavy atom. The van der Waals surface area contributed by atoms with E-state index in [-0.39, 0.29) is 11.1 Å². The highest BCUT2D eigenvalue weighted by Crippen LogP contribution is 2.28. The van der Waals surface area contributed by atoms with Gasteiger partial charge in [0.05, 0.1) is 5.56 Å². The molecule has 0 saturated heterocycles. The molecular formula is C13H7F3O. The molecule has 0 aromatic heterocycles. The Morgan fingerprint density at radius 2 is 1.53 bits per heavy atom. The van der Waals surface area contributed by atoms with E-state index in [1.807, 2.05) is 0 Å². The predicted molar refractivity (Wildman–Crippen MR) is 57.1 cm³/mol. The fraction of sp³-hybridized carbons (Fsp3) is 0. The Hall–Kier alpha value is -2.10. The number of benzene rings is 2. The first-order chi connectivity index (χ1) is 8.13. The standard InChI is InChI=1S/C13H7F3O/c14-10-2-1-3-11(15)13(10)9-5-4-8(7-17)6-12(9)16/h1-7H. The monoisotopic (exact) mass is 236 g/mol. The van der Waals surface area contributed by atoms with E-state index in [1.165, 1.54) is 18.2 Å². The normalized spacial score (nSPS) is 10.3. The summed E-state index contributed by atoms with van der Waals surface area (Å²) in [6.07, 6.45) is 0.463. The van der Waals surface area contributed by atoms with Crippen LogP contribution in [-0.4, -0.2) is 6.29 Å². The molecule has 0 aliphatic heterocycles. The van der Waals surface area contributed by atoms with Crippen molar-refractivity contribution < 1.29 is 18.0 Å². The smallest absolute Gasteiger partial charge is 0.150 e. The van der Waals surface area contributed by atoms with Crippen molar-refractivity contribution in [1.82, 2.24) is 0 Å². The lowest BCUT2D eigenvalue weighted by molar-refractivity contribution is 0.112. The van der Waals surface area contributed by atoms with E-state index in [2.05, 4.69) is 0 Å². The van der Waals surface area contributed by atoms with E-state index in [9.17, 15) is 18.0 Å². The summed E-state index contributed by atoms with van der Waals surface area (Å²) in [5, 5.41) is 0. The van der Waals surface area contributed by atoms with Gasteiger partial charge in [-0.25, -0.2) is 13.2 Å². The summed E-state index contributed by atoms with van der Waals surface area (Å²) in [6.45, 7) is 0.